The minimum atomic E-state index is -3.52. The van der Waals surface area contributed by atoms with Crippen molar-refractivity contribution in [2.45, 2.75) is 24.7 Å². The van der Waals surface area contributed by atoms with Gasteiger partial charge in [0.05, 0.1) is 20.9 Å². The Morgan fingerprint density at radius 2 is 1.71 bits per heavy atom. The zero-order valence-corrected chi connectivity index (χ0v) is 20.4. The normalized spacial score (nSPS) is 11.5. The highest BCUT2D eigenvalue weighted by Crippen LogP contribution is 2.29. The summed E-state index contributed by atoms with van der Waals surface area (Å²) in [5.41, 5.74) is 1.84. The van der Waals surface area contributed by atoms with E-state index < -0.39 is 9.84 Å². The predicted octanol–water partition coefficient (Wildman–Crippen LogP) is 4.18. The van der Waals surface area contributed by atoms with Gasteiger partial charge in [0.25, 0.3) is 0 Å². The number of para-hydroxylation sites is 1. The molecule has 0 radical (unpaired) electrons. The Bertz CT molecular complexity index is 1080. The number of hydrogen-bond donors (Lipinski definition) is 0. The van der Waals surface area contributed by atoms with Gasteiger partial charge in [-0.05, 0) is 58.3 Å². The Morgan fingerprint density at radius 1 is 1.03 bits per heavy atom. The first kappa shape index (κ1) is 25.3. The molecule has 0 aliphatic heterocycles. The molecule has 1 aromatic heterocycles. The fourth-order valence-electron chi connectivity index (χ4n) is 3.07. The minimum absolute atomic E-state index is 0. The van der Waals surface area contributed by atoms with Crippen molar-refractivity contribution in [3.05, 3.63) is 54.1 Å². The number of benzene rings is 2. The van der Waals surface area contributed by atoms with Crippen molar-refractivity contribution < 1.29 is 13.2 Å². The number of aromatic nitrogens is 1. The molecule has 3 rings (SSSR count). The minimum Gasteiger partial charge on any atom is -0.309 e. The van der Waals surface area contributed by atoms with Crippen molar-refractivity contribution in [1.82, 2.24) is 9.88 Å². The van der Waals surface area contributed by atoms with Crippen LogP contribution in [0.1, 0.15) is 18.4 Å². The summed E-state index contributed by atoms with van der Waals surface area (Å²) in [7, 11) is 0.449. The van der Waals surface area contributed by atoms with E-state index in [1.165, 1.54) is 11.3 Å². The van der Waals surface area contributed by atoms with Crippen molar-refractivity contribution in [2.75, 3.05) is 37.8 Å². The molecule has 0 fully saturated rings. The number of anilines is 1. The third kappa shape index (κ3) is 6.74. The van der Waals surface area contributed by atoms with E-state index in [2.05, 4.69) is 9.88 Å². The molecule has 6 nitrogen and oxygen atoms in total. The third-order valence-corrected chi connectivity index (χ3v) is 7.56. The average Bonchev–Trinajstić information content (AvgIpc) is 3.13. The topological polar surface area (TPSA) is 70.6 Å². The largest absolute Gasteiger partial charge is 0.309 e. The quantitative estimate of drug-likeness (QED) is 0.458. The molecule has 0 atom stereocenters. The Balaban J connectivity index is 0.00000341. The maximum absolute atomic E-state index is 13.0. The van der Waals surface area contributed by atoms with E-state index in [1.807, 2.05) is 45.3 Å². The summed E-state index contributed by atoms with van der Waals surface area (Å²) < 4.78 is 26.3. The summed E-state index contributed by atoms with van der Waals surface area (Å²) in [6, 6.07) is 14.5. The Kier molecular flexibility index (Phi) is 9.00. The highest BCUT2D eigenvalue weighted by Gasteiger charge is 2.23. The van der Waals surface area contributed by atoms with Crippen LogP contribution in [0.3, 0.4) is 0 Å². The van der Waals surface area contributed by atoms with Crippen LogP contribution in [0.2, 0.25) is 0 Å². The van der Waals surface area contributed by atoms with Crippen molar-refractivity contribution in [1.29, 1.82) is 0 Å². The maximum atomic E-state index is 13.0. The van der Waals surface area contributed by atoms with Crippen LogP contribution in [0.15, 0.2) is 53.4 Å². The molecule has 1 heterocycles. The first-order chi connectivity index (χ1) is 14.3. The molecule has 0 N–H and O–H groups in total. The molecule has 0 saturated heterocycles. The SMILES string of the molecule is Cc1ccc(S(=O)(=O)CCC(=O)N(CCCN(C)C)c2nc3ccccc3s2)cc1.Cl. The van der Waals surface area contributed by atoms with E-state index in [4.69, 9.17) is 0 Å². The van der Waals surface area contributed by atoms with Gasteiger partial charge < -0.3 is 4.90 Å². The zero-order valence-electron chi connectivity index (χ0n) is 17.9. The summed E-state index contributed by atoms with van der Waals surface area (Å²) >= 11 is 1.45. The lowest BCUT2D eigenvalue weighted by Crippen LogP contribution is -2.34. The standard InChI is InChI=1S/C22H27N3O3S2.ClH/c1-17-9-11-18(12-10-17)30(27,28)16-13-21(26)25(15-6-14-24(2)3)22-23-19-7-4-5-8-20(19)29-22;/h4-5,7-12H,6,13-16H2,1-3H3;1H. The van der Waals surface area contributed by atoms with Crippen LogP contribution in [-0.2, 0) is 14.6 Å². The third-order valence-electron chi connectivity index (χ3n) is 4.77. The highest BCUT2D eigenvalue weighted by atomic mass is 35.5. The second-order valence-corrected chi connectivity index (χ2v) is 10.7. The number of aryl methyl sites for hydroxylation is 1. The van der Waals surface area contributed by atoms with Gasteiger partial charge in [-0.1, -0.05) is 41.2 Å². The smallest absolute Gasteiger partial charge is 0.229 e. The average molecular weight is 482 g/mol. The van der Waals surface area contributed by atoms with E-state index >= 15 is 0 Å². The number of rotatable bonds is 9. The van der Waals surface area contributed by atoms with E-state index in [9.17, 15) is 13.2 Å². The van der Waals surface area contributed by atoms with Gasteiger partial charge in [-0.15, -0.1) is 12.4 Å². The predicted molar refractivity (Wildman–Crippen MR) is 130 cm³/mol. The number of sulfone groups is 1. The lowest BCUT2D eigenvalue weighted by Gasteiger charge is -2.21. The van der Waals surface area contributed by atoms with Crippen LogP contribution in [0.5, 0.6) is 0 Å². The fraction of sp³-hybridized carbons (Fsp3) is 0.364. The molecule has 0 spiro atoms. The number of fused-ring (bicyclic) bond motifs is 1. The molecule has 0 aliphatic carbocycles. The lowest BCUT2D eigenvalue weighted by molar-refractivity contribution is -0.118. The molecule has 31 heavy (non-hydrogen) atoms. The molecular weight excluding hydrogens is 454 g/mol. The van der Waals surface area contributed by atoms with E-state index in [0.29, 0.717) is 11.7 Å². The second kappa shape index (κ2) is 11.0. The van der Waals surface area contributed by atoms with Crippen LogP contribution in [0, 0.1) is 6.92 Å². The van der Waals surface area contributed by atoms with Crippen molar-refractivity contribution in [3.8, 4) is 0 Å². The van der Waals surface area contributed by atoms with Crippen LogP contribution in [0.25, 0.3) is 10.2 Å². The molecule has 1 amide bonds. The van der Waals surface area contributed by atoms with E-state index in [1.54, 1.807) is 29.2 Å². The summed E-state index contributed by atoms with van der Waals surface area (Å²) in [6.45, 7) is 3.24. The van der Waals surface area contributed by atoms with Crippen LogP contribution in [-0.4, -0.2) is 57.1 Å². The van der Waals surface area contributed by atoms with E-state index in [0.717, 1.165) is 28.7 Å². The van der Waals surface area contributed by atoms with Gasteiger partial charge in [-0.2, -0.15) is 0 Å². The summed E-state index contributed by atoms with van der Waals surface area (Å²) in [6.07, 6.45) is 0.702. The number of halogens is 1. The Morgan fingerprint density at radius 3 is 2.35 bits per heavy atom. The summed E-state index contributed by atoms with van der Waals surface area (Å²) in [5, 5.41) is 0.618. The van der Waals surface area contributed by atoms with Crippen LogP contribution < -0.4 is 4.90 Å². The maximum Gasteiger partial charge on any atom is 0.229 e. The Labute approximate surface area is 194 Å². The van der Waals surface area contributed by atoms with Crippen molar-refractivity contribution >= 4 is 54.8 Å². The molecule has 3 aromatic rings. The van der Waals surface area contributed by atoms with Gasteiger partial charge in [0.2, 0.25) is 5.91 Å². The molecule has 9 heteroatoms. The number of carbonyl (C=O) groups is 1. The molecule has 168 valence electrons. The monoisotopic (exact) mass is 481 g/mol. The van der Waals surface area contributed by atoms with Gasteiger partial charge in [0.1, 0.15) is 0 Å². The Hall–Kier alpha value is -2.00. The molecule has 0 unspecified atom stereocenters. The summed E-state index contributed by atoms with van der Waals surface area (Å²) in [4.78, 5) is 21.6. The molecule has 0 aliphatic rings. The molecule has 0 saturated carbocycles. The summed E-state index contributed by atoms with van der Waals surface area (Å²) in [5.74, 6) is -0.437. The fourth-order valence-corrected chi connectivity index (χ4v) is 5.31. The van der Waals surface area contributed by atoms with Gasteiger partial charge in [-0.3, -0.25) is 9.69 Å². The number of carbonyl (C=O) groups excluding carboxylic acids is 1. The molecular formula is C22H28ClN3O3S2. The van der Waals surface area contributed by atoms with E-state index in [-0.39, 0.29) is 35.4 Å². The highest BCUT2D eigenvalue weighted by molar-refractivity contribution is 7.91. The lowest BCUT2D eigenvalue weighted by atomic mass is 10.2. The van der Waals surface area contributed by atoms with Gasteiger partial charge in [-0.25, -0.2) is 13.4 Å². The number of thiazole rings is 1. The van der Waals surface area contributed by atoms with Crippen molar-refractivity contribution in [3.63, 3.8) is 0 Å². The van der Waals surface area contributed by atoms with Gasteiger partial charge >= 0.3 is 0 Å². The molecule has 2 aromatic carbocycles. The zero-order chi connectivity index (χ0) is 21.7. The first-order valence-corrected chi connectivity index (χ1v) is 12.3. The second-order valence-electron chi connectivity index (χ2n) is 7.55. The number of hydrogen-bond acceptors (Lipinski definition) is 6. The van der Waals surface area contributed by atoms with Crippen LogP contribution in [0.4, 0.5) is 5.13 Å². The van der Waals surface area contributed by atoms with Crippen molar-refractivity contribution in [2.24, 2.45) is 0 Å². The first-order valence-electron chi connectivity index (χ1n) is 9.86. The molecule has 0 bridgehead atoms. The van der Waals surface area contributed by atoms with Crippen LogP contribution >= 0.6 is 23.7 Å². The van der Waals surface area contributed by atoms with Gasteiger partial charge in [0, 0.05) is 13.0 Å². The van der Waals surface area contributed by atoms with Gasteiger partial charge in [0.15, 0.2) is 15.0 Å². The number of nitrogens with zero attached hydrogens (tertiary/aromatic N) is 3. The number of amides is 1.